The van der Waals surface area contributed by atoms with Crippen molar-refractivity contribution in [3.8, 4) is 0 Å². The molecule has 0 saturated carbocycles. The number of nitrogens with zero attached hydrogens (tertiary/aromatic N) is 3. The minimum absolute atomic E-state index is 0.277. The highest BCUT2D eigenvalue weighted by atomic mass is 79.9. The van der Waals surface area contributed by atoms with Crippen molar-refractivity contribution in [1.82, 2.24) is 20.1 Å². The quantitative estimate of drug-likeness (QED) is 0.922. The van der Waals surface area contributed by atoms with Gasteiger partial charge in [-0.25, -0.2) is 4.98 Å². The van der Waals surface area contributed by atoms with Crippen LogP contribution in [0.2, 0.25) is 0 Å². The Morgan fingerprint density at radius 3 is 3.00 bits per heavy atom. The third-order valence-electron chi connectivity index (χ3n) is 2.69. The van der Waals surface area contributed by atoms with Crippen LogP contribution in [0.15, 0.2) is 22.2 Å². The fourth-order valence-corrected chi connectivity index (χ4v) is 3.53. The van der Waals surface area contributed by atoms with Crippen LogP contribution in [-0.4, -0.2) is 21.8 Å². The number of aromatic nitrogens is 3. The lowest BCUT2D eigenvalue weighted by atomic mass is 10.1. The van der Waals surface area contributed by atoms with Gasteiger partial charge < -0.3 is 5.32 Å². The Hall–Kier alpha value is -0.720. The van der Waals surface area contributed by atoms with Gasteiger partial charge in [0.05, 0.1) is 0 Å². The molecule has 0 aliphatic rings. The fraction of sp³-hybridized carbons (Fsp3) is 0.455. The molecule has 4 nitrogen and oxygen atoms in total. The standard InChI is InChI=1S/C11H15BrN4S/c1-3-16-10(14-7-15-16)6-9(13-2)11-8(12)4-5-17-11/h4-5,7,9,13H,3,6H2,1-2H3. The molecule has 2 heterocycles. The lowest BCUT2D eigenvalue weighted by molar-refractivity contribution is 0.538. The molecule has 0 aliphatic carbocycles. The van der Waals surface area contributed by atoms with Gasteiger partial charge >= 0.3 is 0 Å². The Kier molecular flexibility index (Phi) is 4.31. The summed E-state index contributed by atoms with van der Waals surface area (Å²) in [5.74, 6) is 1.02. The Morgan fingerprint density at radius 1 is 1.59 bits per heavy atom. The zero-order valence-electron chi connectivity index (χ0n) is 9.85. The summed E-state index contributed by atoms with van der Waals surface area (Å²) in [6.07, 6.45) is 2.47. The summed E-state index contributed by atoms with van der Waals surface area (Å²) in [7, 11) is 1.98. The maximum atomic E-state index is 4.32. The average molecular weight is 315 g/mol. The lowest BCUT2D eigenvalue weighted by Gasteiger charge is -2.15. The summed E-state index contributed by atoms with van der Waals surface area (Å²) >= 11 is 5.33. The Balaban J connectivity index is 2.19. The molecular weight excluding hydrogens is 300 g/mol. The summed E-state index contributed by atoms with van der Waals surface area (Å²) in [5.41, 5.74) is 0. The molecule has 1 N–H and O–H groups in total. The average Bonchev–Trinajstić information content (AvgIpc) is 2.94. The number of aryl methyl sites for hydroxylation is 1. The monoisotopic (exact) mass is 314 g/mol. The highest BCUT2D eigenvalue weighted by molar-refractivity contribution is 9.10. The van der Waals surface area contributed by atoms with Gasteiger partial charge in [-0.3, -0.25) is 4.68 Å². The summed E-state index contributed by atoms with van der Waals surface area (Å²) in [5, 5.41) is 9.62. The lowest BCUT2D eigenvalue weighted by Crippen LogP contribution is -2.20. The van der Waals surface area contributed by atoms with Gasteiger partial charge in [-0.2, -0.15) is 5.10 Å². The van der Waals surface area contributed by atoms with Crippen molar-refractivity contribution in [2.75, 3.05) is 7.05 Å². The van der Waals surface area contributed by atoms with Gasteiger partial charge in [-0.1, -0.05) is 0 Å². The van der Waals surface area contributed by atoms with E-state index < -0.39 is 0 Å². The van der Waals surface area contributed by atoms with Gasteiger partial charge in [0, 0.05) is 28.4 Å². The van der Waals surface area contributed by atoms with Gasteiger partial charge in [0.2, 0.25) is 0 Å². The van der Waals surface area contributed by atoms with E-state index in [-0.39, 0.29) is 6.04 Å². The van der Waals surface area contributed by atoms with Crippen LogP contribution >= 0.6 is 27.3 Å². The molecule has 0 aliphatic heterocycles. The minimum Gasteiger partial charge on any atom is -0.312 e. The topological polar surface area (TPSA) is 42.7 Å². The third kappa shape index (κ3) is 2.75. The number of halogens is 1. The number of hydrogen-bond donors (Lipinski definition) is 1. The number of thiophene rings is 1. The maximum Gasteiger partial charge on any atom is 0.138 e. The molecule has 17 heavy (non-hydrogen) atoms. The second-order valence-corrected chi connectivity index (χ2v) is 5.47. The highest BCUT2D eigenvalue weighted by Gasteiger charge is 2.17. The third-order valence-corrected chi connectivity index (χ3v) is 4.68. The maximum absolute atomic E-state index is 4.32. The van der Waals surface area contributed by atoms with E-state index in [9.17, 15) is 0 Å². The van der Waals surface area contributed by atoms with Crippen LogP contribution < -0.4 is 5.32 Å². The van der Waals surface area contributed by atoms with Crippen molar-refractivity contribution in [2.24, 2.45) is 0 Å². The molecule has 2 rings (SSSR count). The van der Waals surface area contributed by atoms with Crippen LogP contribution in [0, 0.1) is 0 Å². The van der Waals surface area contributed by atoms with Crippen molar-refractivity contribution in [3.63, 3.8) is 0 Å². The summed E-state index contributed by atoms with van der Waals surface area (Å²) in [6.45, 7) is 2.94. The molecular formula is C11H15BrN4S. The molecule has 0 spiro atoms. The zero-order valence-corrected chi connectivity index (χ0v) is 12.3. The molecule has 1 unspecified atom stereocenters. The van der Waals surface area contributed by atoms with Crippen LogP contribution in [0.5, 0.6) is 0 Å². The number of nitrogens with one attached hydrogen (secondary N) is 1. The van der Waals surface area contributed by atoms with E-state index in [1.807, 2.05) is 11.7 Å². The van der Waals surface area contributed by atoms with Gasteiger partial charge in [0.25, 0.3) is 0 Å². The molecule has 0 fully saturated rings. The Labute approximate surface area is 113 Å². The summed E-state index contributed by atoms with van der Waals surface area (Å²) in [6, 6.07) is 2.35. The van der Waals surface area contributed by atoms with E-state index in [0.717, 1.165) is 23.3 Å². The van der Waals surface area contributed by atoms with Crippen LogP contribution in [-0.2, 0) is 13.0 Å². The molecule has 0 amide bonds. The van der Waals surface area contributed by atoms with E-state index in [0.29, 0.717) is 0 Å². The normalized spacial score (nSPS) is 12.9. The second kappa shape index (κ2) is 5.75. The predicted molar refractivity (Wildman–Crippen MR) is 73.2 cm³/mol. The smallest absolute Gasteiger partial charge is 0.138 e. The molecule has 92 valence electrons. The van der Waals surface area contributed by atoms with Crippen LogP contribution in [0.1, 0.15) is 23.7 Å². The van der Waals surface area contributed by atoms with Crippen molar-refractivity contribution in [3.05, 3.63) is 32.9 Å². The summed E-state index contributed by atoms with van der Waals surface area (Å²) < 4.78 is 3.09. The molecule has 1 atom stereocenters. The van der Waals surface area contributed by atoms with E-state index in [1.165, 1.54) is 4.88 Å². The van der Waals surface area contributed by atoms with Gasteiger partial charge in [0.15, 0.2) is 0 Å². The van der Waals surface area contributed by atoms with Gasteiger partial charge in [-0.15, -0.1) is 11.3 Å². The first-order valence-corrected chi connectivity index (χ1v) is 7.20. The molecule has 0 bridgehead atoms. The van der Waals surface area contributed by atoms with E-state index >= 15 is 0 Å². The molecule has 0 radical (unpaired) electrons. The number of likely N-dealkylation sites (N-methyl/N-ethyl adjacent to an activating group) is 1. The van der Waals surface area contributed by atoms with Crippen molar-refractivity contribution < 1.29 is 0 Å². The zero-order chi connectivity index (χ0) is 12.3. The highest BCUT2D eigenvalue weighted by Crippen LogP contribution is 2.30. The van der Waals surface area contributed by atoms with Crippen LogP contribution in [0.3, 0.4) is 0 Å². The van der Waals surface area contributed by atoms with Crippen LogP contribution in [0.4, 0.5) is 0 Å². The molecule has 6 heteroatoms. The first-order valence-electron chi connectivity index (χ1n) is 5.53. The SMILES string of the molecule is CCn1ncnc1CC(NC)c1sccc1Br. The molecule has 2 aromatic heterocycles. The molecule has 0 saturated heterocycles. The molecule has 0 aromatic carbocycles. The second-order valence-electron chi connectivity index (χ2n) is 3.67. The van der Waals surface area contributed by atoms with Crippen molar-refractivity contribution >= 4 is 27.3 Å². The van der Waals surface area contributed by atoms with Crippen molar-refractivity contribution in [2.45, 2.75) is 25.9 Å². The van der Waals surface area contributed by atoms with Crippen LogP contribution in [0.25, 0.3) is 0 Å². The Bertz CT molecular complexity index is 479. The number of hydrogen-bond acceptors (Lipinski definition) is 4. The molecule has 2 aromatic rings. The van der Waals surface area contributed by atoms with Gasteiger partial charge in [0.1, 0.15) is 12.2 Å². The fourth-order valence-electron chi connectivity index (χ4n) is 1.77. The van der Waals surface area contributed by atoms with E-state index in [4.69, 9.17) is 0 Å². The minimum atomic E-state index is 0.277. The largest absolute Gasteiger partial charge is 0.312 e. The summed E-state index contributed by atoms with van der Waals surface area (Å²) in [4.78, 5) is 5.62. The van der Waals surface area contributed by atoms with E-state index in [2.05, 4.69) is 49.7 Å². The van der Waals surface area contributed by atoms with Gasteiger partial charge in [-0.05, 0) is 41.3 Å². The van der Waals surface area contributed by atoms with Crippen molar-refractivity contribution in [1.29, 1.82) is 0 Å². The first kappa shape index (κ1) is 12.7. The predicted octanol–water partition coefficient (Wildman–Crippen LogP) is 2.63. The first-order chi connectivity index (χ1) is 8.26. The Morgan fingerprint density at radius 2 is 2.41 bits per heavy atom. The van der Waals surface area contributed by atoms with E-state index in [1.54, 1.807) is 17.7 Å². The number of rotatable bonds is 5.